The van der Waals surface area contributed by atoms with Crippen molar-refractivity contribution in [2.45, 2.75) is 32.9 Å². The Morgan fingerprint density at radius 1 is 1.29 bits per heavy atom. The van der Waals surface area contributed by atoms with Crippen LogP contribution in [0.2, 0.25) is 0 Å². The second-order valence-electron chi connectivity index (χ2n) is 6.95. The van der Waals surface area contributed by atoms with Gasteiger partial charge in [0.2, 0.25) is 0 Å². The van der Waals surface area contributed by atoms with Crippen molar-refractivity contribution in [1.29, 1.82) is 0 Å². The molecular weight excluding hydrogens is 300 g/mol. The van der Waals surface area contributed by atoms with E-state index in [2.05, 4.69) is 48.5 Å². The van der Waals surface area contributed by atoms with E-state index >= 15 is 0 Å². The van der Waals surface area contributed by atoms with E-state index in [0.29, 0.717) is 5.92 Å². The number of nitrogens with one attached hydrogen (secondary N) is 2. The second kappa shape index (κ2) is 6.81. The summed E-state index contributed by atoms with van der Waals surface area (Å²) in [5.74, 6) is 2.83. The van der Waals surface area contributed by atoms with E-state index in [0.717, 1.165) is 56.6 Å². The zero-order valence-electron chi connectivity index (χ0n) is 14.3. The minimum Gasteiger partial charge on any atom is -0.370 e. The number of pyridine rings is 1. The van der Waals surface area contributed by atoms with Crippen LogP contribution in [0.4, 0.5) is 11.6 Å². The number of hydrogen-bond acceptors (Lipinski definition) is 5. The third kappa shape index (κ3) is 3.38. The summed E-state index contributed by atoms with van der Waals surface area (Å²) in [5.41, 5.74) is 2.33. The summed E-state index contributed by atoms with van der Waals surface area (Å²) < 4.78 is 2.08. The van der Waals surface area contributed by atoms with E-state index in [1.54, 1.807) is 0 Å². The van der Waals surface area contributed by atoms with E-state index in [9.17, 15) is 0 Å². The minimum atomic E-state index is 0.564. The van der Waals surface area contributed by atoms with Gasteiger partial charge in [-0.3, -0.25) is 0 Å². The predicted octanol–water partition coefficient (Wildman–Crippen LogP) is 2.02. The Balaban J connectivity index is 1.25. The number of aromatic nitrogens is 3. The highest BCUT2D eigenvalue weighted by atomic mass is 15.3. The van der Waals surface area contributed by atoms with Crippen molar-refractivity contribution in [3.63, 3.8) is 0 Å². The number of rotatable bonds is 5. The minimum absolute atomic E-state index is 0.564. The Labute approximate surface area is 143 Å². The van der Waals surface area contributed by atoms with E-state index < -0.39 is 0 Å². The van der Waals surface area contributed by atoms with Gasteiger partial charge in [-0.1, -0.05) is 6.07 Å². The van der Waals surface area contributed by atoms with Crippen molar-refractivity contribution < 1.29 is 0 Å². The van der Waals surface area contributed by atoms with Crippen molar-refractivity contribution in [2.75, 3.05) is 36.4 Å². The number of hydrogen-bond donors (Lipinski definition) is 2. The first-order valence-corrected chi connectivity index (χ1v) is 8.97. The van der Waals surface area contributed by atoms with Crippen LogP contribution in [0.5, 0.6) is 0 Å². The molecule has 0 saturated carbocycles. The lowest BCUT2D eigenvalue weighted by atomic mass is 10.1. The largest absolute Gasteiger partial charge is 0.370 e. The highest BCUT2D eigenvalue weighted by Gasteiger charge is 2.18. The third-order valence-electron chi connectivity index (χ3n) is 4.91. The zero-order valence-corrected chi connectivity index (χ0v) is 14.3. The molecule has 6 heteroatoms. The van der Waals surface area contributed by atoms with Gasteiger partial charge >= 0.3 is 0 Å². The molecule has 1 unspecified atom stereocenters. The molecule has 4 heterocycles. The van der Waals surface area contributed by atoms with Crippen molar-refractivity contribution >= 4 is 11.6 Å². The van der Waals surface area contributed by atoms with Crippen LogP contribution in [0.15, 0.2) is 24.4 Å². The van der Waals surface area contributed by atoms with Gasteiger partial charge in [0, 0.05) is 57.4 Å². The molecule has 4 rings (SSSR count). The van der Waals surface area contributed by atoms with Crippen molar-refractivity contribution in [2.24, 2.45) is 5.92 Å². The maximum Gasteiger partial charge on any atom is 0.128 e. The van der Waals surface area contributed by atoms with Crippen LogP contribution in [0.25, 0.3) is 0 Å². The number of fused-ring (bicyclic) bond motifs is 1. The van der Waals surface area contributed by atoms with Crippen LogP contribution >= 0.6 is 0 Å². The molecule has 1 atom stereocenters. The van der Waals surface area contributed by atoms with Crippen LogP contribution in [0, 0.1) is 12.8 Å². The van der Waals surface area contributed by atoms with E-state index in [4.69, 9.17) is 0 Å². The Hall–Kier alpha value is -2.08. The Morgan fingerprint density at radius 3 is 2.96 bits per heavy atom. The molecule has 6 nitrogen and oxygen atoms in total. The molecule has 2 aliphatic rings. The van der Waals surface area contributed by atoms with Gasteiger partial charge in [-0.25, -0.2) is 9.67 Å². The number of anilines is 2. The molecule has 0 radical (unpaired) electrons. The first kappa shape index (κ1) is 15.4. The van der Waals surface area contributed by atoms with E-state index in [1.807, 2.05) is 13.1 Å². The Morgan fingerprint density at radius 2 is 2.17 bits per heavy atom. The number of aryl methyl sites for hydroxylation is 1. The van der Waals surface area contributed by atoms with Crippen LogP contribution < -0.4 is 15.5 Å². The zero-order chi connectivity index (χ0) is 16.4. The normalized spacial score (nSPS) is 20.0. The van der Waals surface area contributed by atoms with Gasteiger partial charge in [0.25, 0.3) is 0 Å². The molecule has 24 heavy (non-hydrogen) atoms. The molecule has 2 aromatic heterocycles. The summed E-state index contributed by atoms with van der Waals surface area (Å²) in [6, 6.07) is 6.46. The molecule has 0 spiro atoms. The summed E-state index contributed by atoms with van der Waals surface area (Å²) in [4.78, 5) is 6.99. The van der Waals surface area contributed by atoms with Crippen molar-refractivity contribution in [3.8, 4) is 0 Å². The molecule has 2 N–H and O–H groups in total. The summed E-state index contributed by atoms with van der Waals surface area (Å²) in [5, 5.41) is 11.6. The Kier molecular flexibility index (Phi) is 4.38. The lowest BCUT2D eigenvalue weighted by molar-refractivity contribution is 0.390. The van der Waals surface area contributed by atoms with E-state index in [1.165, 1.54) is 18.4 Å². The third-order valence-corrected chi connectivity index (χ3v) is 4.91. The first-order valence-electron chi connectivity index (χ1n) is 8.97. The Bertz CT molecular complexity index is 671. The fraction of sp³-hybridized carbons (Fsp3) is 0.556. The predicted molar refractivity (Wildman–Crippen MR) is 96.3 cm³/mol. The average Bonchev–Trinajstić information content (AvgIpc) is 3.24. The second-order valence-corrected chi connectivity index (χ2v) is 6.95. The van der Waals surface area contributed by atoms with Crippen LogP contribution in [0.3, 0.4) is 0 Å². The molecular formula is C18H26N6. The molecule has 0 aliphatic carbocycles. The van der Waals surface area contributed by atoms with Crippen LogP contribution in [-0.2, 0) is 13.1 Å². The van der Waals surface area contributed by atoms with Crippen molar-refractivity contribution in [3.05, 3.63) is 35.7 Å². The van der Waals surface area contributed by atoms with Gasteiger partial charge in [-0.05, 0) is 31.4 Å². The monoisotopic (exact) mass is 326 g/mol. The average molecular weight is 326 g/mol. The molecule has 1 saturated heterocycles. The highest BCUT2D eigenvalue weighted by Crippen LogP contribution is 2.19. The maximum absolute atomic E-state index is 4.62. The van der Waals surface area contributed by atoms with Crippen LogP contribution in [0.1, 0.15) is 24.1 Å². The maximum atomic E-state index is 4.62. The lowest BCUT2D eigenvalue weighted by Crippen LogP contribution is -2.35. The lowest BCUT2D eigenvalue weighted by Gasteiger charge is -2.25. The van der Waals surface area contributed by atoms with Gasteiger partial charge in [0.05, 0.1) is 5.69 Å². The highest BCUT2D eigenvalue weighted by molar-refractivity contribution is 5.40. The topological polar surface area (TPSA) is 58.0 Å². The number of nitrogens with zero attached hydrogens (tertiary/aromatic N) is 4. The quantitative estimate of drug-likeness (QED) is 0.880. The fourth-order valence-electron chi connectivity index (χ4n) is 3.60. The van der Waals surface area contributed by atoms with Gasteiger partial charge in [0.15, 0.2) is 0 Å². The molecule has 0 amide bonds. The fourth-order valence-corrected chi connectivity index (χ4v) is 3.60. The molecule has 0 bridgehead atoms. The molecule has 128 valence electrons. The summed E-state index contributed by atoms with van der Waals surface area (Å²) in [6.07, 6.45) is 4.59. The molecule has 1 fully saturated rings. The van der Waals surface area contributed by atoms with Crippen LogP contribution in [-0.4, -0.2) is 40.9 Å². The van der Waals surface area contributed by atoms with E-state index in [-0.39, 0.29) is 0 Å². The molecule has 0 aromatic carbocycles. The van der Waals surface area contributed by atoms with Gasteiger partial charge < -0.3 is 15.5 Å². The smallest absolute Gasteiger partial charge is 0.128 e. The standard InChI is InChI=1S/C18H26N6/c1-14-8-18-21-12-16(13-24(18)22-14)10-19-9-15-4-5-17(20-11-15)23-6-2-3-7-23/h4-5,8,11,16,19,21H,2-3,6-7,9-10,12-13H2,1H3. The summed E-state index contributed by atoms with van der Waals surface area (Å²) in [6.45, 7) is 8.18. The van der Waals surface area contributed by atoms with Gasteiger partial charge in [-0.2, -0.15) is 5.10 Å². The first-order chi connectivity index (χ1) is 11.8. The van der Waals surface area contributed by atoms with Crippen molar-refractivity contribution in [1.82, 2.24) is 20.1 Å². The van der Waals surface area contributed by atoms with Gasteiger partial charge in [0.1, 0.15) is 11.6 Å². The summed E-state index contributed by atoms with van der Waals surface area (Å²) in [7, 11) is 0. The SMILES string of the molecule is Cc1cc2n(n1)CC(CNCc1ccc(N3CCCC3)nc1)CN2. The summed E-state index contributed by atoms with van der Waals surface area (Å²) >= 11 is 0. The molecule has 2 aromatic rings. The van der Waals surface area contributed by atoms with Gasteiger partial charge in [-0.15, -0.1) is 0 Å². The molecule has 2 aliphatic heterocycles.